The van der Waals surface area contributed by atoms with E-state index in [1.165, 1.54) is 0 Å². The predicted octanol–water partition coefficient (Wildman–Crippen LogP) is 2.83. The number of pyridine rings is 1. The van der Waals surface area contributed by atoms with E-state index in [1.54, 1.807) is 24.5 Å². The molecule has 6 N–H and O–H groups in total. The smallest absolute Gasteiger partial charge is 0.279 e. The lowest BCUT2D eigenvalue weighted by Gasteiger charge is -2.44. The maximum absolute atomic E-state index is 14.7. The molecule has 2 heterocycles. The summed E-state index contributed by atoms with van der Waals surface area (Å²) in [6, 6.07) is 12.4. The van der Waals surface area contributed by atoms with Gasteiger partial charge in [-0.05, 0) is 37.1 Å². The molecule has 0 bridgehead atoms. The molecule has 5 rings (SSSR count). The van der Waals surface area contributed by atoms with Crippen LogP contribution >= 0.6 is 0 Å². The van der Waals surface area contributed by atoms with E-state index >= 15 is 0 Å². The molecule has 2 aromatic carbocycles. The number of benzene rings is 2. The highest BCUT2D eigenvalue weighted by Gasteiger charge is 2.46. The molecule has 0 saturated heterocycles. The Bertz CT molecular complexity index is 1250. The fraction of sp³-hybridized carbons (Fsp3) is 0.346. The van der Waals surface area contributed by atoms with Crippen LogP contribution < -0.4 is 21.4 Å². The molecule has 0 spiro atoms. The van der Waals surface area contributed by atoms with Crippen LogP contribution in [0.4, 0.5) is 5.69 Å². The fourth-order valence-corrected chi connectivity index (χ4v) is 5.40. The van der Waals surface area contributed by atoms with Crippen molar-refractivity contribution in [3.05, 3.63) is 76.8 Å². The number of amidine groups is 1. The summed E-state index contributed by atoms with van der Waals surface area (Å²) in [5, 5.41) is 27.6. The van der Waals surface area contributed by atoms with Crippen molar-refractivity contribution in [2.24, 2.45) is 11.5 Å². The van der Waals surface area contributed by atoms with Crippen molar-refractivity contribution < 1.29 is 4.79 Å². The topological polar surface area (TPSA) is 141 Å². The summed E-state index contributed by atoms with van der Waals surface area (Å²) < 4.78 is -0.810. The molecule has 1 saturated carbocycles. The van der Waals surface area contributed by atoms with Gasteiger partial charge in [0.2, 0.25) is 0 Å². The van der Waals surface area contributed by atoms with Gasteiger partial charge in [-0.15, -0.1) is 0 Å². The third-order valence-electron chi connectivity index (χ3n) is 7.32. The largest absolute Gasteiger partial charge is 0.627 e. The number of hydrogen-bond acceptors (Lipinski definition) is 5. The average Bonchev–Trinajstić information content (AvgIpc) is 3.12. The Kier molecular flexibility index (Phi) is 5.81. The third kappa shape index (κ3) is 4.04. The van der Waals surface area contributed by atoms with Crippen LogP contribution in [0.15, 0.2) is 54.9 Å². The number of fused-ring (bicyclic) bond motifs is 2. The fourth-order valence-electron chi connectivity index (χ4n) is 5.40. The highest BCUT2D eigenvalue weighted by Crippen LogP contribution is 2.41. The summed E-state index contributed by atoms with van der Waals surface area (Å²) in [7, 11) is 0. The van der Waals surface area contributed by atoms with Gasteiger partial charge in [0.1, 0.15) is 18.1 Å². The molecular weight excluding hydrogens is 428 g/mol. The van der Waals surface area contributed by atoms with Crippen molar-refractivity contribution >= 4 is 28.2 Å². The number of nitrogens with zero attached hydrogens (tertiary/aromatic N) is 2. The molecule has 34 heavy (non-hydrogen) atoms. The third-order valence-corrected chi connectivity index (χ3v) is 7.32. The molecule has 2 atom stereocenters. The standard InChI is InChI=1S/C26H30N6O2/c27-20-6-8-21(9-7-20)31-26(33)24-12-16-4-5-17(25(28)29)13-23(16)32(24,34)15-19-3-1-2-18-14-30-11-10-22(18)19/h1-5,10-11,13-14,20-21,24H,6-9,12,15,27H2,(H3,28,29)(H,31,33). The summed E-state index contributed by atoms with van der Waals surface area (Å²) in [5.41, 5.74) is 14.4. The molecule has 1 aromatic heterocycles. The van der Waals surface area contributed by atoms with Gasteiger partial charge in [-0.3, -0.25) is 15.2 Å². The van der Waals surface area contributed by atoms with Crippen LogP contribution in [-0.4, -0.2) is 34.9 Å². The monoisotopic (exact) mass is 458 g/mol. The zero-order chi connectivity index (χ0) is 23.9. The van der Waals surface area contributed by atoms with Gasteiger partial charge in [-0.25, -0.2) is 0 Å². The minimum atomic E-state index is -0.815. The number of hydroxylamine groups is 2. The van der Waals surface area contributed by atoms with E-state index < -0.39 is 10.7 Å². The first-order valence-corrected chi connectivity index (χ1v) is 11.8. The number of amides is 1. The minimum Gasteiger partial charge on any atom is -0.627 e. The van der Waals surface area contributed by atoms with Crippen LogP contribution in [0, 0.1) is 10.6 Å². The number of rotatable bonds is 5. The van der Waals surface area contributed by atoms with Crippen molar-refractivity contribution in [1.29, 1.82) is 5.41 Å². The predicted molar refractivity (Wildman–Crippen MR) is 134 cm³/mol. The molecule has 1 amide bonds. The second kappa shape index (κ2) is 8.79. The summed E-state index contributed by atoms with van der Waals surface area (Å²) in [5.74, 6) is -0.324. The zero-order valence-corrected chi connectivity index (χ0v) is 19.0. The van der Waals surface area contributed by atoms with Crippen LogP contribution in [-0.2, 0) is 17.8 Å². The molecule has 176 valence electrons. The van der Waals surface area contributed by atoms with Gasteiger partial charge in [0.25, 0.3) is 5.91 Å². The maximum Gasteiger partial charge on any atom is 0.279 e. The molecule has 2 aliphatic rings. The lowest BCUT2D eigenvalue weighted by molar-refractivity contribution is -0.126. The molecule has 0 radical (unpaired) electrons. The van der Waals surface area contributed by atoms with Crippen LogP contribution in [0.3, 0.4) is 0 Å². The molecule has 1 aliphatic carbocycles. The van der Waals surface area contributed by atoms with Crippen LogP contribution in [0.25, 0.3) is 10.8 Å². The second-order valence-electron chi connectivity index (χ2n) is 9.57. The van der Waals surface area contributed by atoms with Gasteiger partial charge in [-0.2, -0.15) is 0 Å². The first-order valence-electron chi connectivity index (χ1n) is 11.8. The number of nitrogen functional groups attached to an aromatic ring is 1. The highest BCUT2D eigenvalue weighted by atomic mass is 16.6. The van der Waals surface area contributed by atoms with Gasteiger partial charge in [0, 0.05) is 59.0 Å². The van der Waals surface area contributed by atoms with Gasteiger partial charge in [-0.1, -0.05) is 30.3 Å². The van der Waals surface area contributed by atoms with Crippen molar-refractivity contribution in [3.8, 4) is 0 Å². The highest BCUT2D eigenvalue weighted by molar-refractivity contribution is 5.97. The molecule has 8 heteroatoms. The number of hydrogen-bond donors (Lipinski definition) is 4. The second-order valence-corrected chi connectivity index (χ2v) is 9.57. The lowest BCUT2D eigenvalue weighted by Crippen LogP contribution is -2.57. The van der Waals surface area contributed by atoms with E-state index in [4.69, 9.17) is 16.9 Å². The van der Waals surface area contributed by atoms with E-state index in [9.17, 15) is 10.0 Å². The van der Waals surface area contributed by atoms with Crippen molar-refractivity contribution in [2.75, 3.05) is 0 Å². The number of aromatic nitrogens is 1. The van der Waals surface area contributed by atoms with Crippen molar-refractivity contribution in [1.82, 2.24) is 14.9 Å². The summed E-state index contributed by atoms with van der Waals surface area (Å²) >= 11 is 0. The molecular formula is C26H30N6O2. The van der Waals surface area contributed by atoms with E-state index in [-0.39, 0.29) is 30.4 Å². The van der Waals surface area contributed by atoms with Gasteiger partial charge >= 0.3 is 0 Å². The van der Waals surface area contributed by atoms with Crippen molar-refractivity contribution in [3.63, 3.8) is 0 Å². The lowest BCUT2D eigenvalue weighted by atomic mass is 9.91. The summed E-state index contributed by atoms with van der Waals surface area (Å²) in [6.45, 7) is 0.101. The molecule has 1 aliphatic heterocycles. The number of carbonyl (C=O) groups excluding carboxylic acids is 1. The SMILES string of the molecule is N=C(N)c1ccc2c(c1)[N+]([O-])(Cc1cccc3cnccc13)C(C(=O)NC1CCC(N)CC1)C2. The van der Waals surface area contributed by atoms with Gasteiger partial charge < -0.3 is 26.6 Å². The number of quaternary nitrogens is 1. The van der Waals surface area contributed by atoms with E-state index in [0.717, 1.165) is 47.6 Å². The van der Waals surface area contributed by atoms with Gasteiger partial charge in [0.05, 0.1) is 0 Å². The number of nitrogens with one attached hydrogen (secondary N) is 2. The first-order chi connectivity index (χ1) is 16.3. The van der Waals surface area contributed by atoms with Crippen molar-refractivity contribution in [2.45, 2.75) is 56.8 Å². The van der Waals surface area contributed by atoms with E-state index in [2.05, 4.69) is 10.3 Å². The molecule has 8 nitrogen and oxygen atoms in total. The Balaban J connectivity index is 1.53. The van der Waals surface area contributed by atoms with Crippen LogP contribution in [0.2, 0.25) is 0 Å². The van der Waals surface area contributed by atoms with E-state index in [1.807, 2.05) is 30.3 Å². The Morgan fingerprint density at radius 1 is 1.18 bits per heavy atom. The van der Waals surface area contributed by atoms with E-state index in [0.29, 0.717) is 17.7 Å². The average molecular weight is 459 g/mol. The normalized spacial score (nSPS) is 26.2. The number of carbonyl (C=O) groups is 1. The van der Waals surface area contributed by atoms with Crippen LogP contribution in [0.1, 0.15) is 42.4 Å². The molecule has 2 unspecified atom stereocenters. The Morgan fingerprint density at radius 2 is 1.97 bits per heavy atom. The minimum absolute atomic E-state index is 0.0425. The quantitative estimate of drug-likeness (QED) is 0.201. The maximum atomic E-state index is 14.7. The van der Waals surface area contributed by atoms with Gasteiger partial charge in [0.15, 0.2) is 6.04 Å². The Labute approximate surface area is 198 Å². The zero-order valence-electron chi connectivity index (χ0n) is 19.0. The molecule has 3 aromatic rings. The Hall–Kier alpha value is -3.33. The van der Waals surface area contributed by atoms with Crippen LogP contribution in [0.5, 0.6) is 0 Å². The molecule has 1 fully saturated rings. The summed E-state index contributed by atoms with van der Waals surface area (Å²) in [6.07, 6.45) is 7.24. The summed E-state index contributed by atoms with van der Waals surface area (Å²) in [4.78, 5) is 17.7. The Morgan fingerprint density at radius 3 is 2.74 bits per heavy atom. The first kappa shape index (κ1) is 22.5. The number of nitrogens with two attached hydrogens (primary N) is 2.